The molecule has 37 heavy (non-hydrogen) atoms. The third kappa shape index (κ3) is 4.99. The quantitative estimate of drug-likeness (QED) is 0.492. The number of nitrogens with zero attached hydrogens (tertiary/aromatic N) is 3. The lowest BCUT2D eigenvalue weighted by Crippen LogP contribution is -2.51. The van der Waals surface area contributed by atoms with E-state index >= 15 is 0 Å². The first kappa shape index (κ1) is 24.0. The molecular formula is C29H25N5O3. The minimum atomic E-state index is -0.695. The van der Waals surface area contributed by atoms with Gasteiger partial charge in [0.1, 0.15) is 12.3 Å². The van der Waals surface area contributed by atoms with Crippen molar-refractivity contribution in [3.8, 4) is 6.07 Å². The van der Waals surface area contributed by atoms with Gasteiger partial charge in [0.05, 0.1) is 17.6 Å². The van der Waals surface area contributed by atoms with Gasteiger partial charge in [-0.25, -0.2) is 5.43 Å². The van der Waals surface area contributed by atoms with Gasteiger partial charge >= 0.3 is 0 Å². The van der Waals surface area contributed by atoms with Gasteiger partial charge in [-0.15, -0.1) is 0 Å². The van der Waals surface area contributed by atoms with Crippen molar-refractivity contribution in [2.75, 3.05) is 16.8 Å². The van der Waals surface area contributed by atoms with E-state index in [4.69, 9.17) is 5.26 Å². The Labute approximate surface area is 214 Å². The van der Waals surface area contributed by atoms with Gasteiger partial charge in [-0.1, -0.05) is 42.5 Å². The molecule has 0 spiro atoms. The second-order valence-corrected chi connectivity index (χ2v) is 8.99. The van der Waals surface area contributed by atoms with Crippen molar-refractivity contribution < 1.29 is 14.4 Å². The van der Waals surface area contributed by atoms with Crippen LogP contribution in [0.15, 0.2) is 85.2 Å². The van der Waals surface area contributed by atoms with Crippen molar-refractivity contribution in [3.05, 3.63) is 107 Å². The Balaban J connectivity index is 1.30. The Bertz CT molecular complexity index is 1410. The normalized spacial score (nSPS) is 18.3. The Morgan fingerprint density at radius 3 is 2.59 bits per heavy atom. The van der Waals surface area contributed by atoms with Crippen LogP contribution in [0.5, 0.6) is 0 Å². The maximum Gasteiger partial charge on any atom is 0.256 e. The Hall–Kier alpha value is -4.74. The van der Waals surface area contributed by atoms with Crippen molar-refractivity contribution in [2.45, 2.75) is 18.9 Å². The van der Waals surface area contributed by atoms with Crippen molar-refractivity contribution in [2.24, 2.45) is 5.92 Å². The third-order valence-corrected chi connectivity index (χ3v) is 6.67. The van der Waals surface area contributed by atoms with Crippen LogP contribution in [0.2, 0.25) is 0 Å². The number of anilines is 2. The van der Waals surface area contributed by atoms with E-state index in [-0.39, 0.29) is 11.8 Å². The number of nitrogens with one attached hydrogen (secondary N) is 2. The molecule has 0 saturated carbocycles. The van der Waals surface area contributed by atoms with Crippen LogP contribution >= 0.6 is 0 Å². The molecule has 3 aromatic rings. The number of benzene rings is 3. The summed E-state index contributed by atoms with van der Waals surface area (Å²) in [7, 11) is 0. The largest absolute Gasteiger partial charge is 0.326 e. The molecule has 184 valence electrons. The van der Waals surface area contributed by atoms with Gasteiger partial charge in [-0.3, -0.25) is 14.5 Å². The summed E-state index contributed by atoms with van der Waals surface area (Å²) in [6, 6.07) is 23.6. The number of nitriles is 1. The topological polar surface area (TPSA) is 106 Å². The van der Waals surface area contributed by atoms with Crippen LogP contribution < -0.4 is 15.6 Å². The number of hydrogen-bond donors (Lipinski definition) is 2. The monoisotopic (exact) mass is 491 g/mol. The molecule has 2 heterocycles. The summed E-state index contributed by atoms with van der Waals surface area (Å²) in [5.41, 5.74) is 7.95. The average Bonchev–Trinajstić information content (AvgIpc) is 3.36. The number of fused-ring (bicyclic) bond motifs is 1. The first-order chi connectivity index (χ1) is 18.1. The summed E-state index contributed by atoms with van der Waals surface area (Å²) in [5.74, 6) is -1.11. The van der Waals surface area contributed by atoms with Crippen LogP contribution in [0.4, 0.5) is 11.4 Å². The molecule has 0 aromatic heterocycles. The minimum absolute atomic E-state index is 0.206. The Morgan fingerprint density at radius 1 is 1.05 bits per heavy atom. The fraction of sp³-hybridized carbons (Fsp3) is 0.172. The zero-order valence-electron chi connectivity index (χ0n) is 20.0. The van der Waals surface area contributed by atoms with Crippen LogP contribution in [0, 0.1) is 17.2 Å². The highest BCUT2D eigenvalue weighted by Gasteiger charge is 2.46. The van der Waals surface area contributed by atoms with Crippen molar-refractivity contribution in [1.29, 1.82) is 5.26 Å². The molecule has 2 unspecified atom stereocenters. The summed E-state index contributed by atoms with van der Waals surface area (Å²) in [4.78, 5) is 39.1. The van der Waals surface area contributed by atoms with Crippen LogP contribution in [0.25, 0.3) is 0 Å². The third-order valence-electron chi connectivity index (χ3n) is 6.67. The van der Waals surface area contributed by atoms with Crippen LogP contribution in [-0.2, 0) is 27.2 Å². The fourth-order valence-electron chi connectivity index (χ4n) is 4.76. The van der Waals surface area contributed by atoms with Crippen LogP contribution in [0.1, 0.15) is 22.3 Å². The SMILES string of the molecule is N#Cc1cccc(NC(=O)C2CNN3C=CN(c4ccc(Cc5ccccc5CC=O)cc4)C(=O)C23)c1. The highest BCUT2D eigenvalue weighted by atomic mass is 16.2. The van der Waals surface area contributed by atoms with E-state index in [9.17, 15) is 14.4 Å². The molecule has 2 aliphatic heterocycles. The molecule has 2 amide bonds. The zero-order valence-corrected chi connectivity index (χ0v) is 20.0. The van der Waals surface area contributed by atoms with E-state index in [1.54, 1.807) is 46.6 Å². The smallest absolute Gasteiger partial charge is 0.256 e. The Morgan fingerprint density at radius 2 is 1.84 bits per heavy atom. The molecular weight excluding hydrogens is 466 g/mol. The van der Waals surface area contributed by atoms with Gasteiger partial charge in [-0.2, -0.15) is 5.26 Å². The number of rotatable bonds is 7. The number of hydrazine groups is 1. The summed E-state index contributed by atoms with van der Waals surface area (Å²) in [6.45, 7) is 0.317. The lowest BCUT2D eigenvalue weighted by atomic mass is 9.97. The molecule has 0 bridgehead atoms. The average molecular weight is 492 g/mol. The van der Waals surface area contributed by atoms with Gasteiger partial charge < -0.3 is 15.1 Å². The lowest BCUT2D eigenvalue weighted by molar-refractivity contribution is -0.128. The summed E-state index contributed by atoms with van der Waals surface area (Å²) in [6.07, 6.45) is 5.43. The van der Waals surface area contributed by atoms with E-state index < -0.39 is 12.0 Å². The molecule has 5 rings (SSSR count). The molecule has 1 fully saturated rings. The highest BCUT2D eigenvalue weighted by molar-refractivity contribution is 6.05. The van der Waals surface area contributed by atoms with Gasteiger partial charge in [0.2, 0.25) is 5.91 Å². The van der Waals surface area contributed by atoms with Gasteiger partial charge in [-0.05, 0) is 53.4 Å². The number of aldehydes is 1. The van der Waals surface area contributed by atoms with Gasteiger partial charge in [0.25, 0.3) is 5.91 Å². The standard InChI is InChI=1S/C29H25N5O3/c30-18-21-4-3-7-24(17-21)32-28(36)26-19-31-34-14-13-33(29(37)27(26)34)25-10-8-20(9-11-25)16-23-6-2-1-5-22(23)12-15-35/h1-11,13-15,17,26-27,31H,12,16,19H2,(H,32,36). The molecule has 8 nitrogen and oxygen atoms in total. The minimum Gasteiger partial charge on any atom is -0.326 e. The van der Waals surface area contributed by atoms with Crippen molar-refractivity contribution in [3.63, 3.8) is 0 Å². The fourth-order valence-corrected chi connectivity index (χ4v) is 4.76. The number of carbonyl (C=O) groups excluding carboxylic acids is 3. The van der Waals surface area contributed by atoms with E-state index in [1.165, 1.54) is 0 Å². The summed E-state index contributed by atoms with van der Waals surface area (Å²) in [5, 5.41) is 13.6. The van der Waals surface area contributed by atoms with Crippen molar-refractivity contribution >= 4 is 29.5 Å². The van der Waals surface area contributed by atoms with Gasteiger partial charge in [0, 0.05) is 36.7 Å². The van der Waals surface area contributed by atoms with Crippen LogP contribution in [-0.4, -0.2) is 35.7 Å². The van der Waals surface area contributed by atoms with E-state index in [1.807, 2.05) is 48.5 Å². The van der Waals surface area contributed by atoms with E-state index in [0.29, 0.717) is 36.3 Å². The highest BCUT2D eigenvalue weighted by Crippen LogP contribution is 2.29. The molecule has 0 aliphatic carbocycles. The molecule has 1 saturated heterocycles. The molecule has 0 radical (unpaired) electrons. The molecule has 8 heteroatoms. The first-order valence-corrected chi connectivity index (χ1v) is 12.0. The summed E-state index contributed by atoms with van der Waals surface area (Å²) >= 11 is 0. The predicted octanol–water partition coefficient (Wildman–Crippen LogP) is 3.15. The van der Waals surface area contributed by atoms with Crippen molar-refractivity contribution in [1.82, 2.24) is 10.4 Å². The number of amides is 2. The number of hydrogen-bond acceptors (Lipinski definition) is 6. The molecule has 3 aromatic carbocycles. The first-order valence-electron chi connectivity index (χ1n) is 12.0. The maximum atomic E-state index is 13.5. The van der Waals surface area contributed by atoms with Gasteiger partial charge in [0.15, 0.2) is 0 Å². The Kier molecular flexibility index (Phi) is 6.79. The zero-order chi connectivity index (χ0) is 25.8. The summed E-state index contributed by atoms with van der Waals surface area (Å²) < 4.78 is 0. The number of carbonyl (C=O) groups is 3. The molecule has 2 aliphatic rings. The molecule has 2 N–H and O–H groups in total. The predicted molar refractivity (Wildman–Crippen MR) is 139 cm³/mol. The maximum absolute atomic E-state index is 13.5. The van der Waals surface area contributed by atoms with E-state index in [0.717, 1.165) is 23.0 Å². The second-order valence-electron chi connectivity index (χ2n) is 8.99. The molecule has 2 atom stereocenters. The van der Waals surface area contributed by atoms with Crippen LogP contribution in [0.3, 0.4) is 0 Å². The lowest BCUT2D eigenvalue weighted by Gasteiger charge is -2.33. The van der Waals surface area contributed by atoms with E-state index in [2.05, 4.69) is 16.8 Å². The second kappa shape index (κ2) is 10.5.